The molecule has 0 saturated carbocycles. The Kier molecular flexibility index (Phi) is 3.74. The molecule has 1 rings (SSSR count). The summed E-state index contributed by atoms with van der Waals surface area (Å²) in [7, 11) is 0. The molecule has 1 heterocycles. The van der Waals surface area contributed by atoms with Crippen molar-refractivity contribution in [3.8, 4) is 0 Å². The number of halogens is 1. The van der Waals surface area contributed by atoms with Crippen molar-refractivity contribution in [1.29, 1.82) is 0 Å². The number of aromatic nitrogens is 1. The second-order valence-corrected chi connectivity index (χ2v) is 4.60. The van der Waals surface area contributed by atoms with Crippen molar-refractivity contribution in [2.75, 3.05) is 5.88 Å². The van der Waals surface area contributed by atoms with Crippen LogP contribution in [0.4, 0.5) is 0 Å². The molecule has 84 valence electrons. The van der Waals surface area contributed by atoms with Gasteiger partial charge in [0.25, 0.3) is 0 Å². The van der Waals surface area contributed by atoms with E-state index < -0.39 is 0 Å². The molecule has 5 heteroatoms. The van der Waals surface area contributed by atoms with Crippen LogP contribution in [0.5, 0.6) is 0 Å². The molecular weight excluding hydrogens is 216 g/mol. The van der Waals surface area contributed by atoms with Crippen LogP contribution in [-0.2, 0) is 16.8 Å². The normalized spacial score (nSPS) is 11.5. The first-order valence-corrected chi connectivity index (χ1v) is 5.25. The van der Waals surface area contributed by atoms with Crippen LogP contribution >= 0.6 is 11.6 Å². The van der Waals surface area contributed by atoms with Crippen LogP contribution in [0.2, 0.25) is 0 Å². The van der Waals surface area contributed by atoms with E-state index in [-0.39, 0.29) is 17.2 Å². The van der Waals surface area contributed by atoms with Crippen molar-refractivity contribution in [3.05, 3.63) is 17.5 Å². The molecule has 0 aliphatic heterocycles. The van der Waals surface area contributed by atoms with Gasteiger partial charge in [-0.05, 0) is 5.41 Å². The fourth-order valence-corrected chi connectivity index (χ4v) is 1.32. The zero-order valence-corrected chi connectivity index (χ0v) is 9.89. The molecule has 4 nitrogen and oxygen atoms in total. The average Bonchev–Trinajstić information content (AvgIpc) is 2.61. The standard InChI is InChI=1S/C10H15ClN2O2/c1-10(2,3)7-6-15-13-8(7)5-12-9(14)4-11/h6H,4-5H2,1-3H3,(H,12,14). The maximum absolute atomic E-state index is 11.0. The van der Waals surface area contributed by atoms with Crippen molar-refractivity contribution < 1.29 is 9.32 Å². The van der Waals surface area contributed by atoms with Gasteiger partial charge in [0.05, 0.1) is 6.54 Å². The van der Waals surface area contributed by atoms with Gasteiger partial charge in [0, 0.05) is 5.56 Å². The molecule has 0 aliphatic rings. The molecule has 1 amide bonds. The largest absolute Gasteiger partial charge is 0.364 e. The number of hydrogen-bond acceptors (Lipinski definition) is 3. The molecule has 1 aromatic heterocycles. The number of amides is 1. The molecule has 0 radical (unpaired) electrons. The van der Waals surface area contributed by atoms with Gasteiger partial charge in [0.1, 0.15) is 17.8 Å². The Morgan fingerprint density at radius 1 is 1.60 bits per heavy atom. The first kappa shape index (κ1) is 12.0. The van der Waals surface area contributed by atoms with Crippen molar-refractivity contribution in [3.63, 3.8) is 0 Å². The lowest BCUT2D eigenvalue weighted by atomic mass is 9.87. The van der Waals surface area contributed by atoms with Gasteiger partial charge in [0.2, 0.25) is 5.91 Å². The molecule has 1 aromatic rings. The minimum atomic E-state index is -0.209. The number of carbonyl (C=O) groups is 1. The first-order valence-electron chi connectivity index (χ1n) is 4.71. The van der Waals surface area contributed by atoms with Gasteiger partial charge in [-0.2, -0.15) is 0 Å². The minimum absolute atomic E-state index is 0.0390. The summed E-state index contributed by atoms with van der Waals surface area (Å²) in [4.78, 5) is 11.0. The average molecular weight is 231 g/mol. The molecule has 0 unspecified atom stereocenters. The van der Waals surface area contributed by atoms with E-state index in [0.717, 1.165) is 11.3 Å². The number of rotatable bonds is 3. The minimum Gasteiger partial charge on any atom is -0.364 e. The summed E-state index contributed by atoms with van der Waals surface area (Å²) in [6.07, 6.45) is 1.61. The first-order chi connectivity index (χ1) is 6.95. The van der Waals surface area contributed by atoms with Gasteiger partial charge < -0.3 is 9.84 Å². The summed E-state index contributed by atoms with van der Waals surface area (Å²) in [5.41, 5.74) is 1.71. The Morgan fingerprint density at radius 3 is 2.80 bits per heavy atom. The summed E-state index contributed by atoms with van der Waals surface area (Å²) >= 11 is 5.37. The van der Waals surface area contributed by atoms with Gasteiger partial charge in [-0.15, -0.1) is 11.6 Å². The van der Waals surface area contributed by atoms with Crippen molar-refractivity contribution >= 4 is 17.5 Å². The monoisotopic (exact) mass is 230 g/mol. The van der Waals surface area contributed by atoms with Crippen molar-refractivity contribution in [2.24, 2.45) is 0 Å². The summed E-state index contributed by atoms with van der Waals surface area (Å²) in [5.74, 6) is -0.248. The van der Waals surface area contributed by atoms with Gasteiger partial charge >= 0.3 is 0 Å². The molecule has 0 saturated heterocycles. The second-order valence-electron chi connectivity index (χ2n) is 4.34. The Balaban J connectivity index is 2.70. The van der Waals surface area contributed by atoms with Crippen molar-refractivity contribution in [2.45, 2.75) is 32.7 Å². The van der Waals surface area contributed by atoms with Crippen molar-refractivity contribution in [1.82, 2.24) is 10.5 Å². The van der Waals surface area contributed by atoms with Gasteiger partial charge in [-0.1, -0.05) is 25.9 Å². The molecule has 0 fully saturated rings. The maximum atomic E-state index is 11.0. The molecule has 0 bridgehead atoms. The molecule has 0 aromatic carbocycles. The van der Waals surface area contributed by atoms with E-state index in [4.69, 9.17) is 16.1 Å². The van der Waals surface area contributed by atoms with Crippen LogP contribution in [0.3, 0.4) is 0 Å². The SMILES string of the molecule is CC(C)(C)c1conc1CNC(=O)CCl. The Labute approximate surface area is 94.0 Å². The number of hydrogen-bond donors (Lipinski definition) is 1. The highest BCUT2D eigenvalue weighted by molar-refractivity contribution is 6.27. The lowest BCUT2D eigenvalue weighted by Gasteiger charge is -2.17. The zero-order valence-electron chi connectivity index (χ0n) is 9.13. The number of nitrogens with one attached hydrogen (secondary N) is 1. The number of carbonyl (C=O) groups excluding carboxylic acids is 1. The summed E-state index contributed by atoms with van der Waals surface area (Å²) in [6.45, 7) is 6.54. The second kappa shape index (κ2) is 4.66. The summed E-state index contributed by atoms with van der Waals surface area (Å²) < 4.78 is 4.90. The highest BCUT2D eigenvalue weighted by Crippen LogP contribution is 2.24. The Bertz CT molecular complexity index is 341. The van der Waals surface area contributed by atoms with E-state index in [1.54, 1.807) is 6.26 Å². The summed E-state index contributed by atoms with van der Waals surface area (Å²) in [5, 5.41) is 6.51. The van der Waals surface area contributed by atoms with Gasteiger partial charge in [0.15, 0.2) is 0 Å². The fourth-order valence-electron chi connectivity index (χ4n) is 1.23. The smallest absolute Gasteiger partial charge is 0.235 e. The maximum Gasteiger partial charge on any atom is 0.235 e. The third-order valence-corrected chi connectivity index (χ3v) is 2.27. The third kappa shape index (κ3) is 3.23. The molecule has 0 atom stereocenters. The van der Waals surface area contributed by atoms with Crippen LogP contribution in [0.1, 0.15) is 32.0 Å². The van der Waals surface area contributed by atoms with Crippen LogP contribution in [0, 0.1) is 0 Å². The van der Waals surface area contributed by atoms with Crippen LogP contribution in [0.25, 0.3) is 0 Å². The predicted octanol–water partition coefficient (Wildman–Crippen LogP) is 1.83. The Morgan fingerprint density at radius 2 is 2.27 bits per heavy atom. The van der Waals surface area contributed by atoms with E-state index >= 15 is 0 Å². The van der Waals surface area contributed by atoms with E-state index in [1.807, 2.05) is 0 Å². The molecule has 0 aliphatic carbocycles. The topological polar surface area (TPSA) is 55.1 Å². The van der Waals surface area contributed by atoms with Crippen LogP contribution < -0.4 is 5.32 Å². The lowest BCUT2D eigenvalue weighted by Crippen LogP contribution is -2.25. The third-order valence-electron chi connectivity index (χ3n) is 2.03. The van der Waals surface area contributed by atoms with E-state index in [2.05, 4.69) is 31.2 Å². The van der Waals surface area contributed by atoms with E-state index in [0.29, 0.717) is 6.54 Å². The number of alkyl halides is 1. The predicted molar refractivity (Wildman–Crippen MR) is 57.8 cm³/mol. The molecular formula is C10H15ClN2O2. The summed E-state index contributed by atoms with van der Waals surface area (Å²) in [6, 6.07) is 0. The van der Waals surface area contributed by atoms with Gasteiger partial charge in [-0.3, -0.25) is 4.79 Å². The van der Waals surface area contributed by atoms with E-state index in [1.165, 1.54) is 0 Å². The highest BCUT2D eigenvalue weighted by atomic mass is 35.5. The Hall–Kier alpha value is -1.03. The van der Waals surface area contributed by atoms with Crippen LogP contribution in [-0.4, -0.2) is 16.9 Å². The highest BCUT2D eigenvalue weighted by Gasteiger charge is 2.21. The van der Waals surface area contributed by atoms with E-state index in [9.17, 15) is 4.79 Å². The quantitative estimate of drug-likeness (QED) is 0.806. The molecule has 0 spiro atoms. The zero-order chi connectivity index (χ0) is 11.5. The van der Waals surface area contributed by atoms with Crippen LogP contribution in [0.15, 0.2) is 10.8 Å². The number of nitrogens with zero attached hydrogens (tertiary/aromatic N) is 1. The fraction of sp³-hybridized carbons (Fsp3) is 0.600. The molecule has 15 heavy (non-hydrogen) atoms. The molecule has 1 N–H and O–H groups in total. The van der Waals surface area contributed by atoms with Gasteiger partial charge in [-0.25, -0.2) is 0 Å². The lowest BCUT2D eigenvalue weighted by molar-refractivity contribution is -0.118.